The number of fused-ring (bicyclic) bond motifs is 1. The first-order chi connectivity index (χ1) is 12.7. The molecule has 0 unspecified atom stereocenters. The van der Waals surface area contributed by atoms with Crippen LogP contribution in [0.25, 0.3) is 16.9 Å². The smallest absolute Gasteiger partial charge is 0.341 e. The van der Waals surface area contributed by atoms with Gasteiger partial charge >= 0.3 is 5.97 Å². The number of aromatic nitrogens is 3. The molecular formula is C19H19N3O4. The van der Waals surface area contributed by atoms with E-state index in [1.807, 2.05) is 22.8 Å². The Bertz CT molecular complexity index is 955. The average molecular weight is 353 g/mol. The van der Waals surface area contributed by atoms with Crippen LogP contribution in [0.1, 0.15) is 23.2 Å². The van der Waals surface area contributed by atoms with Crippen molar-refractivity contribution in [3.8, 4) is 16.9 Å². The summed E-state index contributed by atoms with van der Waals surface area (Å²) in [7, 11) is 1.32. The summed E-state index contributed by atoms with van der Waals surface area (Å²) in [5.41, 5.74) is 1.38. The first-order valence-electron chi connectivity index (χ1n) is 8.55. The fraction of sp³-hybridized carbons (Fsp3) is 0.316. The van der Waals surface area contributed by atoms with Gasteiger partial charge < -0.3 is 14.0 Å². The van der Waals surface area contributed by atoms with Crippen LogP contribution in [0.15, 0.2) is 47.5 Å². The molecule has 1 fully saturated rings. The molecule has 1 saturated heterocycles. The van der Waals surface area contributed by atoms with Gasteiger partial charge in [0.15, 0.2) is 0 Å². The van der Waals surface area contributed by atoms with Gasteiger partial charge in [0, 0.05) is 25.5 Å². The lowest BCUT2D eigenvalue weighted by Crippen LogP contribution is -2.19. The molecule has 0 saturated carbocycles. The van der Waals surface area contributed by atoms with Crippen molar-refractivity contribution in [1.82, 2.24) is 14.3 Å². The number of hydrogen-bond acceptors (Lipinski definition) is 5. The van der Waals surface area contributed by atoms with Crippen LogP contribution in [0.3, 0.4) is 0 Å². The van der Waals surface area contributed by atoms with Gasteiger partial charge in [-0.25, -0.2) is 4.79 Å². The summed E-state index contributed by atoms with van der Waals surface area (Å²) in [5.74, 6) is -0.519. The largest absolute Gasteiger partial charge is 0.465 e. The highest BCUT2D eigenvalue weighted by Crippen LogP contribution is 2.24. The second-order valence-electron chi connectivity index (χ2n) is 6.31. The zero-order chi connectivity index (χ0) is 18.1. The normalized spacial score (nSPS) is 16.9. The fourth-order valence-corrected chi connectivity index (χ4v) is 3.29. The summed E-state index contributed by atoms with van der Waals surface area (Å²) in [6.45, 7) is 1.33. The van der Waals surface area contributed by atoms with Gasteiger partial charge in [0.2, 0.25) is 0 Å². The maximum absolute atomic E-state index is 12.9. The number of nitrogens with zero attached hydrogens (tertiary/aromatic N) is 3. The van der Waals surface area contributed by atoms with Gasteiger partial charge in [-0.05, 0) is 25.0 Å². The number of para-hydroxylation sites is 1. The van der Waals surface area contributed by atoms with Crippen molar-refractivity contribution in [1.29, 1.82) is 0 Å². The maximum Gasteiger partial charge on any atom is 0.341 e. The lowest BCUT2D eigenvalue weighted by atomic mass is 10.1. The number of hydrogen-bond donors (Lipinski definition) is 0. The van der Waals surface area contributed by atoms with E-state index >= 15 is 0 Å². The average Bonchev–Trinajstić information content (AvgIpc) is 3.30. The molecule has 4 rings (SSSR count). The van der Waals surface area contributed by atoms with Crippen molar-refractivity contribution in [2.75, 3.05) is 13.7 Å². The number of rotatable bonds is 4. The second-order valence-corrected chi connectivity index (χ2v) is 6.31. The first kappa shape index (κ1) is 16.5. The minimum Gasteiger partial charge on any atom is -0.465 e. The summed E-state index contributed by atoms with van der Waals surface area (Å²) in [4.78, 5) is 25.1. The molecule has 7 heteroatoms. The number of ether oxygens (including phenoxy) is 2. The van der Waals surface area contributed by atoms with Crippen LogP contribution in [0.5, 0.6) is 0 Å². The molecule has 0 N–H and O–H groups in total. The molecule has 3 heterocycles. The van der Waals surface area contributed by atoms with E-state index in [4.69, 9.17) is 9.47 Å². The van der Waals surface area contributed by atoms with Crippen LogP contribution in [0.2, 0.25) is 0 Å². The number of carbonyl (C=O) groups is 1. The van der Waals surface area contributed by atoms with E-state index in [1.165, 1.54) is 11.8 Å². The molecule has 1 atom stereocenters. The molecule has 0 aliphatic carbocycles. The van der Waals surface area contributed by atoms with Crippen LogP contribution in [0, 0.1) is 0 Å². The van der Waals surface area contributed by atoms with E-state index in [1.54, 1.807) is 24.5 Å². The third-order valence-electron chi connectivity index (χ3n) is 4.57. The highest BCUT2D eigenvalue weighted by Gasteiger charge is 2.26. The number of carbonyl (C=O) groups excluding carboxylic acids is 1. The van der Waals surface area contributed by atoms with E-state index in [0.717, 1.165) is 19.4 Å². The highest BCUT2D eigenvalue weighted by molar-refractivity contribution is 5.96. The number of esters is 1. The van der Waals surface area contributed by atoms with E-state index in [9.17, 15) is 9.59 Å². The Morgan fingerprint density at radius 2 is 2.12 bits per heavy atom. The Labute approximate surface area is 150 Å². The zero-order valence-corrected chi connectivity index (χ0v) is 14.4. The van der Waals surface area contributed by atoms with Gasteiger partial charge in [0.25, 0.3) is 5.56 Å². The van der Waals surface area contributed by atoms with Crippen LogP contribution >= 0.6 is 0 Å². The third-order valence-corrected chi connectivity index (χ3v) is 4.57. The quantitative estimate of drug-likeness (QED) is 0.672. The summed E-state index contributed by atoms with van der Waals surface area (Å²) < 4.78 is 13.7. The molecular weight excluding hydrogens is 334 g/mol. The van der Waals surface area contributed by atoms with Crippen LogP contribution in [-0.4, -0.2) is 40.1 Å². The topological polar surface area (TPSA) is 75.3 Å². The van der Waals surface area contributed by atoms with Crippen molar-refractivity contribution < 1.29 is 14.3 Å². The van der Waals surface area contributed by atoms with Crippen molar-refractivity contribution in [2.45, 2.75) is 25.5 Å². The minimum absolute atomic E-state index is 0.0854. The van der Waals surface area contributed by atoms with Gasteiger partial charge in [-0.15, -0.1) is 0 Å². The number of pyridine rings is 1. The molecule has 0 spiro atoms. The summed E-state index contributed by atoms with van der Waals surface area (Å²) in [5, 5.41) is 4.38. The molecule has 0 amide bonds. The van der Waals surface area contributed by atoms with Crippen LogP contribution < -0.4 is 5.56 Å². The summed E-state index contributed by atoms with van der Waals surface area (Å²) in [6, 6.07) is 9.13. The van der Waals surface area contributed by atoms with Gasteiger partial charge in [-0.1, -0.05) is 18.2 Å². The minimum atomic E-state index is -0.519. The molecule has 26 heavy (non-hydrogen) atoms. The van der Waals surface area contributed by atoms with Gasteiger partial charge in [-0.3, -0.25) is 4.79 Å². The lowest BCUT2D eigenvalue weighted by Gasteiger charge is -2.15. The highest BCUT2D eigenvalue weighted by atomic mass is 16.5. The first-order valence-corrected chi connectivity index (χ1v) is 8.55. The third kappa shape index (κ3) is 2.90. The molecule has 3 aliphatic rings. The van der Waals surface area contributed by atoms with Gasteiger partial charge in [0.1, 0.15) is 11.3 Å². The molecule has 3 aliphatic heterocycles. The predicted octanol–water partition coefficient (Wildman–Crippen LogP) is 2.10. The molecule has 134 valence electrons. The van der Waals surface area contributed by atoms with Crippen LogP contribution in [-0.2, 0) is 16.0 Å². The Hall–Kier alpha value is -2.93. The monoisotopic (exact) mass is 353 g/mol. The Balaban J connectivity index is 1.86. The van der Waals surface area contributed by atoms with E-state index < -0.39 is 5.97 Å². The predicted molar refractivity (Wildman–Crippen MR) is 94.8 cm³/mol. The Kier molecular flexibility index (Phi) is 4.30. The van der Waals surface area contributed by atoms with Gasteiger partial charge in [0.05, 0.1) is 24.5 Å². The standard InChI is InChI=1S/C19H19N3O4/c1-25-19(24)16-12-21(10-14-8-5-9-26-14)11-15-17(16)20-22(18(15)23)13-6-3-2-4-7-13/h2-4,6-7,11-12,14H,5,8-10H2,1H3/t14-/m0/s1. The van der Waals surface area contributed by atoms with Crippen molar-refractivity contribution in [2.24, 2.45) is 0 Å². The van der Waals surface area contributed by atoms with Crippen LogP contribution in [0.4, 0.5) is 0 Å². The molecule has 0 aromatic heterocycles. The Morgan fingerprint density at radius 1 is 1.31 bits per heavy atom. The molecule has 0 radical (unpaired) electrons. The Morgan fingerprint density at radius 3 is 2.81 bits per heavy atom. The lowest BCUT2D eigenvalue weighted by molar-refractivity contribution is 0.0598. The van der Waals surface area contributed by atoms with Crippen molar-refractivity contribution >= 4 is 5.97 Å². The summed E-state index contributed by atoms with van der Waals surface area (Å²) in [6.07, 6.45) is 5.49. The SMILES string of the molecule is COC(=O)c1cn(C[C@@H]2CCCO2)cc2c(=O)n(-c3ccccc3)nc1-2. The van der Waals surface area contributed by atoms with E-state index in [0.29, 0.717) is 23.5 Å². The number of benzene rings is 1. The summed E-state index contributed by atoms with van der Waals surface area (Å²) >= 11 is 0. The maximum atomic E-state index is 12.9. The molecule has 0 bridgehead atoms. The van der Waals surface area contributed by atoms with E-state index in [-0.39, 0.29) is 17.2 Å². The second kappa shape index (κ2) is 6.76. The zero-order valence-electron chi connectivity index (χ0n) is 14.4. The fourth-order valence-electron chi connectivity index (χ4n) is 3.29. The van der Waals surface area contributed by atoms with Gasteiger partial charge in [-0.2, -0.15) is 9.78 Å². The molecule has 1 aromatic rings. The molecule has 1 aromatic carbocycles. The van der Waals surface area contributed by atoms with Crippen molar-refractivity contribution in [3.63, 3.8) is 0 Å². The van der Waals surface area contributed by atoms with Crippen molar-refractivity contribution in [3.05, 3.63) is 58.6 Å². The molecule has 7 nitrogen and oxygen atoms in total. The number of methoxy groups -OCH3 is 1. The van der Waals surface area contributed by atoms with E-state index in [2.05, 4.69) is 5.10 Å².